The third-order valence-electron chi connectivity index (χ3n) is 12.2. The molecule has 0 aromatic heterocycles. The molecule has 1 aliphatic rings. The summed E-state index contributed by atoms with van der Waals surface area (Å²) in [6, 6.07) is -1.03. The number of aliphatic hydroxyl groups excluding tert-OH is 5. The zero-order valence-corrected chi connectivity index (χ0v) is 41.8. The van der Waals surface area contributed by atoms with E-state index in [2.05, 4.69) is 56.5 Å². The van der Waals surface area contributed by atoms with Crippen LogP contribution in [0.3, 0.4) is 0 Å². The van der Waals surface area contributed by atoms with Crippen LogP contribution in [-0.2, 0) is 23.8 Å². The molecule has 1 rings (SSSR count). The number of hydrogen-bond acceptors (Lipinski definition) is 10. The van der Waals surface area contributed by atoms with E-state index in [1.807, 2.05) is 24.3 Å². The van der Waals surface area contributed by atoms with Crippen LogP contribution in [0.2, 0.25) is 0 Å². The zero-order chi connectivity index (χ0) is 48.3. The largest absolute Gasteiger partial charge is 0.454 e. The molecule has 1 fully saturated rings. The standard InChI is InChI=1S/C55H97NO10/c1-4-7-10-13-16-19-22-24-27-30-33-36-39-42-48(59)54(63)56-46(47(58)41-38-35-32-29-26-21-18-15-12-9-6-3)45-64-55-53(52(62)51(61)49(44-57)65-55)66-50(60)43-40-37-34-31-28-25-23-20-17-14-11-8-5-2/h8,11,14,17,20,23,27,30,38,41,46-49,51-53,55,57-59,61-62H,4-7,9-10,12-13,15-16,18-19,21-22,24-26,28-29,31-37,39-40,42-45H2,1-3H3,(H,56,63)/b11-8+,17-14+,23-20-,30-27-,41-38+. The maximum atomic E-state index is 13.3. The number of unbranched alkanes of at least 4 members (excludes halogenated alkanes) is 23. The van der Waals surface area contributed by atoms with Gasteiger partial charge in [0.15, 0.2) is 12.4 Å². The molecular weight excluding hydrogens is 835 g/mol. The topological polar surface area (TPSA) is 175 Å². The summed E-state index contributed by atoms with van der Waals surface area (Å²) in [6.45, 7) is 5.58. The molecule has 382 valence electrons. The van der Waals surface area contributed by atoms with Gasteiger partial charge in [0.25, 0.3) is 0 Å². The maximum absolute atomic E-state index is 13.3. The summed E-state index contributed by atoms with van der Waals surface area (Å²) in [5.41, 5.74) is 0. The third-order valence-corrected chi connectivity index (χ3v) is 12.2. The van der Waals surface area contributed by atoms with Crippen molar-refractivity contribution in [1.29, 1.82) is 0 Å². The number of hydrogen-bond donors (Lipinski definition) is 6. The third kappa shape index (κ3) is 32.2. The second kappa shape index (κ2) is 43.6. The fraction of sp³-hybridized carbons (Fsp3) is 0.782. The first kappa shape index (κ1) is 61.4. The van der Waals surface area contributed by atoms with Gasteiger partial charge in [0.1, 0.15) is 24.4 Å². The van der Waals surface area contributed by atoms with Crippen molar-refractivity contribution in [3.8, 4) is 0 Å². The molecule has 0 saturated carbocycles. The lowest BCUT2D eigenvalue weighted by atomic mass is 9.99. The minimum Gasteiger partial charge on any atom is -0.454 e. The van der Waals surface area contributed by atoms with Crippen molar-refractivity contribution in [3.05, 3.63) is 60.8 Å². The molecule has 0 aliphatic carbocycles. The summed E-state index contributed by atoms with van der Waals surface area (Å²) in [4.78, 5) is 26.3. The zero-order valence-electron chi connectivity index (χ0n) is 41.8. The molecule has 0 bridgehead atoms. The Balaban J connectivity index is 2.80. The van der Waals surface area contributed by atoms with Gasteiger partial charge in [0.05, 0.1) is 25.4 Å². The number of esters is 1. The van der Waals surface area contributed by atoms with E-state index in [0.717, 1.165) is 77.0 Å². The minimum absolute atomic E-state index is 0.0972. The maximum Gasteiger partial charge on any atom is 0.306 e. The van der Waals surface area contributed by atoms with Crippen molar-refractivity contribution in [1.82, 2.24) is 5.32 Å². The molecule has 0 spiro atoms. The molecule has 8 unspecified atom stereocenters. The van der Waals surface area contributed by atoms with Crippen LogP contribution in [0.5, 0.6) is 0 Å². The quantitative estimate of drug-likeness (QED) is 0.0149. The molecule has 0 aromatic rings. The van der Waals surface area contributed by atoms with Gasteiger partial charge in [0.2, 0.25) is 5.91 Å². The predicted molar refractivity (Wildman–Crippen MR) is 269 cm³/mol. The Morgan fingerprint density at radius 3 is 1.67 bits per heavy atom. The van der Waals surface area contributed by atoms with E-state index < -0.39 is 67.4 Å². The number of aliphatic hydroxyl groups is 5. The molecule has 6 N–H and O–H groups in total. The van der Waals surface area contributed by atoms with Crippen LogP contribution >= 0.6 is 0 Å². The summed E-state index contributed by atoms with van der Waals surface area (Å²) in [5.74, 6) is -1.24. The summed E-state index contributed by atoms with van der Waals surface area (Å²) in [6.07, 6.45) is 41.3. The van der Waals surface area contributed by atoms with Crippen molar-refractivity contribution in [2.45, 2.75) is 262 Å². The van der Waals surface area contributed by atoms with Gasteiger partial charge >= 0.3 is 5.97 Å². The van der Waals surface area contributed by atoms with Gasteiger partial charge < -0.3 is 45.1 Å². The van der Waals surface area contributed by atoms with Crippen LogP contribution in [0.1, 0.15) is 213 Å². The van der Waals surface area contributed by atoms with E-state index in [0.29, 0.717) is 12.8 Å². The van der Waals surface area contributed by atoms with Crippen LogP contribution < -0.4 is 5.32 Å². The highest BCUT2D eigenvalue weighted by Gasteiger charge is 2.47. The SMILES string of the molecule is CC/C=C/C=C/C=C\CCCCCCCC(=O)OC1C(OCC(NC(=O)C(O)CCCC/C=C\CCCCCCCCC)C(O)/C=C/CCCCCCCCCCC)OC(CO)C(O)C1O. The van der Waals surface area contributed by atoms with Crippen LogP contribution in [0.15, 0.2) is 60.8 Å². The molecule has 0 radical (unpaired) electrons. The number of amides is 1. The number of allylic oxidation sites excluding steroid dienone is 9. The highest BCUT2D eigenvalue weighted by atomic mass is 16.7. The molecule has 11 heteroatoms. The lowest BCUT2D eigenvalue weighted by Gasteiger charge is -2.41. The van der Waals surface area contributed by atoms with Gasteiger partial charge in [-0.2, -0.15) is 0 Å². The van der Waals surface area contributed by atoms with Crippen LogP contribution in [0.25, 0.3) is 0 Å². The van der Waals surface area contributed by atoms with Gasteiger partial charge in [0, 0.05) is 6.42 Å². The number of carbonyl (C=O) groups is 2. The lowest BCUT2D eigenvalue weighted by Crippen LogP contribution is -2.61. The molecular formula is C55H97NO10. The molecule has 66 heavy (non-hydrogen) atoms. The Bertz CT molecular complexity index is 1300. The Labute approximate surface area is 401 Å². The van der Waals surface area contributed by atoms with Gasteiger partial charge in [-0.1, -0.05) is 197 Å². The van der Waals surface area contributed by atoms with Crippen LogP contribution in [0, 0.1) is 0 Å². The van der Waals surface area contributed by atoms with E-state index in [9.17, 15) is 35.1 Å². The monoisotopic (exact) mass is 932 g/mol. The highest BCUT2D eigenvalue weighted by Crippen LogP contribution is 2.26. The number of nitrogens with one attached hydrogen (secondary N) is 1. The average Bonchev–Trinajstić information content (AvgIpc) is 3.31. The second-order valence-corrected chi connectivity index (χ2v) is 18.3. The number of ether oxygens (including phenoxy) is 3. The minimum atomic E-state index is -1.62. The van der Waals surface area contributed by atoms with E-state index in [4.69, 9.17) is 14.2 Å². The molecule has 0 aromatic carbocycles. The predicted octanol–water partition coefficient (Wildman–Crippen LogP) is 11.1. The summed E-state index contributed by atoms with van der Waals surface area (Å²) < 4.78 is 17.5. The average molecular weight is 932 g/mol. The van der Waals surface area contributed by atoms with Crippen molar-refractivity contribution in [2.24, 2.45) is 0 Å². The molecule has 11 nitrogen and oxygen atoms in total. The number of carbonyl (C=O) groups excluding carboxylic acids is 2. The molecule has 1 aliphatic heterocycles. The fourth-order valence-corrected chi connectivity index (χ4v) is 7.94. The van der Waals surface area contributed by atoms with Gasteiger partial charge in [-0.25, -0.2) is 0 Å². The Kier molecular flexibility index (Phi) is 40.6. The van der Waals surface area contributed by atoms with Gasteiger partial charge in [-0.3, -0.25) is 9.59 Å². The number of rotatable bonds is 43. The second-order valence-electron chi connectivity index (χ2n) is 18.3. The first-order valence-electron chi connectivity index (χ1n) is 26.6. The van der Waals surface area contributed by atoms with Crippen LogP contribution in [-0.4, -0.2) is 99.6 Å². The molecule has 1 amide bonds. The van der Waals surface area contributed by atoms with Crippen molar-refractivity contribution in [2.75, 3.05) is 13.2 Å². The molecule has 1 heterocycles. The van der Waals surface area contributed by atoms with E-state index in [-0.39, 0.29) is 19.4 Å². The van der Waals surface area contributed by atoms with E-state index in [1.165, 1.54) is 89.9 Å². The Morgan fingerprint density at radius 2 is 1.11 bits per heavy atom. The van der Waals surface area contributed by atoms with Crippen molar-refractivity contribution in [3.63, 3.8) is 0 Å². The first-order chi connectivity index (χ1) is 32.2. The molecule has 1 saturated heterocycles. The van der Waals surface area contributed by atoms with Crippen LogP contribution in [0.4, 0.5) is 0 Å². The summed E-state index contributed by atoms with van der Waals surface area (Å²) in [5, 5.41) is 56.6. The van der Waals surface area contributed by atoms with Gasteiger partial charge in [-0.15, -0.1) is 0 Å². The smallest absolute Gasteiger partial charge is 0.306 e. The first-order valence-corrected chi connectivity index (χ1v) is 26.6. The van der Waals surface area contributed by atoms with E-state index >= 15 is 0 Å². The van der Waals surface area contributed by atoms with Crippen molar-refractivity contribution >= 4 is 11.9 Å². The van der Waals surface area contributed by atoms with E-state index in [1.54, 1.807) is 6.08 Å². The van der Waals surface area contributed by atoms with Crippen molar-refractivity contribution < 1.29 is 49.3 Å². The lowest BCUT2D eigenvalue weighted by molar-refractivity contribution is -0.305. The fourth-order valence-electron chi connectivity index (χ4n) is 7.94. The summed E-state index contributed by atoms with van der Waals surface area (Å²) >= 11 is 0. The summed E-state index contributed by atoms with van der Waals surface area (Å²) in [7, 11) is 0. The normalized spacial score (nSPS) is 20.6. The highest BCUT2D eigenvalue weighted by molar-refractivity contribution is 5.80. The molecule has 8 atom stereocenters. The Morgan fingerprint density at radius 1 is 0.606 bits per heavy atom. The van der Waals surface area contributed by atoms with Gasteiger partial charge in [-0.05, 0) is 70.6 Å². The Hall–Kier alpha value is -2.64.